The zero-order valence-electron chi connectivity index (χ0n) is 12.2. The standard InChI is InChI=1S/C16H23NO3/c1-3-17-16(13-6-7-18-11(13)2)12-4-5-14-15(10-12)20-9-8-19-14/h4-5,10-11,13,16-17H,3,6-9H2,1-2H3. The fourth-order valence-corrected chi connectivity index (χ4v) is 3.18. The highest BCUT2D eigenvalue weighted by Crippen LogP contribution is 2.38. The van der Waals surface area contributed by atoms with E-state index in [1.54, 1.807) is 0 Å². The van der Waals surface area contributed by atoms with Crippen molar-refractivity contribution in [1.29, 1.82) is 0 Å². The summed E-state index contributed by atoms with van der Waals surface area (Å²) in [6.07, 6.45) is 1.40. The molecular formula is C16H23NO3. The average Bonchev–Trinajstić information content (AvgIpc) is 2.90. The monoisotopic (exact) mass is 277 g/mol. The molecule has 0 bridgehead atoms. The highest BCUT2D eigenvalue weighted by Gasteiger charge is 2.32. The summed E-state index contributed by atoms with van der Waals surface area (Å²) in [5.41, 5.74) is 1.26. The molecule has 20 heavy (non-hydrogen) atoms. The molecule has 0 aromatic heterocycles. The Morgan fingerprint density at radius 3 is 2.70 bits per heavy atom. The van der Waals surface area contributed by atoms with Crippen LogP contribution in [0.25, 0.3) is 0 Å². The van der Waals surface area contributed by atoms with Crippen molar-refractivity contribution >= 4 is 0 Å². The molecule has 0 saturated carbocycles. The fourth-order valence-electron chi connectivity index (χ4n) is 3.18. The summed E-state index contributed by atoms with van der Waals surface area (Å²) in [7, 11) is 0. The number of ether oxygens (including phenoxy) is 3. The smallest absolute Gasteiger partial charge is 0.161 e. The molecular weight excluding hydrogens is 254 g/mol. The first-order valence-corrected chi connectivity index (χ1v) is 7.54. The minimum absolute atomic E-state index is 0.298. The number of hydrogen-bond donors (Lipinski definition) is 1. The van der Waals surface area contributed by atoms with Crippen molar-refractivity contribution in [3.8, 4) is 11.5 Å². The van der Waals surface area contributed by atoms with Gasteiger partial charge >= 0.3 is 0 Å². The number of hydrogen-bond acceptors (Lipinski definition) is 4. The number of nitrogens with one attached hydrogen (secondary N) is 1. The van der Waals surface area contributed by atoms with Crippen molar-refractivity contribution in [3.63, 3.8) is 0 Å². The van der Waals surface area contributed by atoms with E-state index in [0.29, 0.717) is 31.3 Å². The van der Waals surface area contributed by atoms with Gasteiger partial charge in [0.2, 0.25) is 0 Å². The Morgan fingerprint density at radius 2 is 2.00 bits per heavy atom. The first kappa shape index (κ1) is 13.7. The summed E-state index contributed by atoms with van der Waals surface area (Å²) in [5, 5.41) is 3.60. The minimum Gasteiger partial charge on any atom is -0.486 e. The second-order valence-electron chi connectivity index (χ2n) is 5.47. The molecule has 2 aliphatic rings. The summed E-state index contributed by atoms with van der Waals surface area (Å²) in [6.45, 7) is 7.38. The van der Waals surface area contributed by atoms with Crippen LogP contribution < -0.4 is 14.8 Å². The predicted molar refractivity (Wildman–Crippen MR) is 77.4 cm³/mol. The third kappa shape index (κ3) is 2.63. The Labute approximate surface area is 120 Å². The molecule has 1 fully saturated rings. The van der Waals surface area contributed by atoms with E-state index in [2.05, 4.69) is 31.3 Å². The van der Waals surface area contributed by atoms with E-state index in [9.17, 15) is 0 Å². The van der Waals surface area contributed by atoms with Crippen LogP contribution in [0.2, 0.25) is 0 Å². The molecule has 0 spiro atoms. The summed E-state index contributed by atoms with van der Waals surface area (Å²) >= 11 is 0. The lowest BCUT2D eigenvalue weighted by Gasteiger charge is -2.28. The van der Waals surface area contributed by atoms with Crippen LogP contribution in [-0.2, 0) is 4.74 Å². The van der Waals surface area contributed by atoms with Gasteiger partial charge in [-0.15, -0.1) is 0 Å². The molecule has 1 saturated heterocycles. The second kappa shape index (κ2) is 6.02. The maximum absolute atomic E-state index is 5.73. The van der Waals surface area contributed by atoms with Gasteiger partial charge in [-0.05, 0) is 37.6 Å². The van der Waals surface area contributed by atoms with Gasteiger partial charge < -0.3 is 19.5 Å². The normalized spacial score (nSPS) is 26.5. The van der Waals surface area contributed by atoms with Crippen LogP contribution >= 0.6 is 0 Å². The summed E-state index contributed by atoms with van der Waals surface area (Å²) in [5.74, 6) is 2.23. The van der Waals surface area contributed by atoms with E-state index in [1.165, 1.54) is 5.56 Å². The van der Waals surface area contributed by atoms with Gasteiger partial charge in [-0.2, -0.15) is 0 Å². The molecule has 4 nitrogen and oxygen atoms in total. The van der Waals surface area contributed by atoms with Crippen molar-refractivity contribution < 1.29 is 14.2 Å². The average molecular weight is 277 g/mol. The molecule has 1 N–H and O–H groups in total. The number of benzene rings is 1. The largest absolute Gasteiger partial charge is 0.486 e. The molecule has 3 rings (SSSR count). The first-order chi connectivity index (χ1) is 9.79. The van der Waals surface area contributed by atoms with Crippen LogP contribution in [0.5, 0.6) is 11.5 Å². The van der Waals surface area contributed by atoms with Crippen LogP contribution in [0, 0.1) is 5.92 Å². The quantitative estimate of drug-likeness (QED) is 0.918. The molecule has 3 atom stereocenters. The van der Waals surface area contributed by atoms with Gasteiger partial charge in [-0.1, -0.05) is 13.0 Å². The van der Waals surface area contributed by atoms with Crippen molar-refractivity contribution in [1.82, 2.24) is 5.32 Å². The van der Waals surface area contributed by atoms with Crippen LogP contribution in [0.3, 0.4) is 0 Å². The Bertz CT molecular complexity index is 463. The van der Waals surface area contributed by atoms with Gasteiger partial charge in [0.15, 0.2) is 11.5 Å². The lowest BCUT2D eigenvalue weighted by Crippen LogP contribution is -2.32. The Balaban J connectivity index is 1.87. The van der Waals surface area contributed by atoms with Crippen molar-refractivity contribution in [3.05, 3.63) is 23.8 Å². The lowest BCUT2D eigenvalue weighted by atomic mass is 9.88. The predicted octanol–water partition coefficient (Wildman–Crippen LogP) is 2.53. The Kier molecular flexibility index (Phi) is 4.13. The summed E-state index contributed by atoms with van der Waals surface area (Å²) in [4.78, 5) is 0. The zero-order valence-corrected chi connectivity index (χ0v) is 12.2. The molecule has 2 aliphatic heterocycles. The van der Waals surface area contributed by atoms with Gasteiger partial charge in [0.1, 0.15) is 13.2 Å². The van der Waals surface area contributed by atoms with E-state index in [1.807, 2.05) is 6.07 Å². The Hall–Kier alpha value is -1.26. The fraction of sp³-hybridized carbons (Fsp3) is 0.625. The van der Waals surface area contributed by atoms with E-state index in [0.717, 1.165) is 31.1 Å². The second-order valence-corrected chi connectivity index (χ2v) is 5.47. The maximum Gasteiger partial charge on any atom is 0.161 e. The third-order valence-electron chi connectivity index (χ3n) is 4.21. The van der Waals surface area contributed by atoms with Gasteiger partial charge in [-0.25, -0.2) is 0 Å². The van der Waals surface area contributed by atoms with E-state index in [4.69, 9.17) is 14.2 Å². The molecule has 2 heterocycles. The summed E-state index contributed by atoms with van der Waals surface area (Å²) < 4.78 is 17.0. The lowest BCUT2D eigenvalue weighted by molar-refractivity contribution is 0.0954. The molecule has 0 amide bonds. The molecule has 0 radical (unpaired) electrons. The zero-order chi connectivity index (χ0) is 13.9. The van der Waals surface area contributed by atoms with Crippen LogP contribution in [0.4, 0.5) is 0 Å². The van der Waals surface area contributed by atoms with E-state index < -0.39 is 0 Å². The van der Waals surface area contributed by atoms with Crippen LogP contribution in [0.1, 0.15) is 31.9 Å². The van der Waals surface area contributed by atoms with Gasteiger partial charge in [0.05, 0.1) is 6.10 Å². The van der Waals surface area contributed by atoms with Gasteiger partial charge in [0, 0.05) is 18.6 Å². The highest BCUT2D eigenvalue weighted by molar-refractivity contribution is 5.44. The van der Waals surface area contributed by atoms with Crippen molar-refractivity contribution in [2.75, 3.05) is 26.4 Å². The SMILES string of the molecule is CCNC(c1ccc2c(c1)OCCO2)C1CCOC1C. The van der Waals surface area contributed by atoms with Crippen molar-refractivity contribution in [2.45, 2.75) is 32.4 Å². The van der Waals surface area contributed by atoms with Crippen LogP contribution in [-0.4, -0.2) is 32.5 Å². The molecule has 110 valence electrons. The highest BCUT2D eigenvalue weighted by atomic mass is 16.6. The van der Waals surface area contributed by atoms with Crippen molar-refractivity contribution in [2.24, 2.45) is 5.92 Å². The van der Waals surface area contributed by atoms with E-state index in [-0.39, 0.29) is 0 Å². The van der Waals surface area contributed by atoms with Crippen LogP contribution in [0.15, 0.2) is 18.2 Å². The number of rotatable bonds is 4. The first-order valence-electron chi connectivity index (χ1n) is 7.54. The molecule has 1 aromatic rings. The minimum atomic E-state index is 0.298. The number of fused-ring (bicyclic) bond motifs is 1. The molecule has 3 unspecified atom stereocenters. The van der Waals surface area contributed by atoms with E-state index >= 15 is 0 Å². The Morgan fingerprint density at radius 1 is 1.20 bits per heavy atom. The maximum atomic E-state index is 5.73. The molecule has 0 aliphatic carbocycles. The topological polar surface area (TPSA) is 39.7 Å². The van der Waals surface area contributed by atoms with Gasteiger partial charge in [0.25, 0.3) is 0 Å². The third-order valence-corrected chi connectivity index (χ3v) is 4.21. The van der Waals surface area contributed by atoms with Gasteiger partial charge in [-0.3, -0.25) is 0 Å². The molecule has 4 heteroatoms. The molecule has 1 aromatic carbocycles. The summed E-state index contributed by atoms with van der Waals surface area (Å²) in [6, 6.07) is 6.60.